The van der Waals surface area contributed by atoms with Gasteiger partial charge in [-0.25, -0.2) is 4.98 Å². The maximum absolute atomic E-state index is 13.2. The zero-order valence-electron chi connectivity index (χ0n) is 17.9. The molecule has 164 valence electrons. The second-order valence-electron chi connectivity index (χ2n) is 8.24. The molecule has 3 heterocycles. The van der Waals surface area contributed by atoms with Crippen LogP contribution in [0.5, 0.6) is 0 Å². The van der Waals surface area contributed by atoms with Gasteiger partial charge in [0.2, 0.25) is 11.9 Å². The van der Waals surface area contributed by atoms with Crippen molar-refractivity contribution in [2.24, 2.45) is 5.73 Å². The van der Waals surface area contributed by atoms with E-state index in [1.54, 1.807) is 6.20 Å². The van der Waals surface area contributed by atoms with Crippen LogP contribution in [0.1, 0.15) is 31.4 Å². The van der Waals surface area contributed by atoms with Gasteiger partial charge in [-0.2, -0.15) is 0 Å². The van der Waals surface area contributed by atoms with E-state index in [1.165, 1.54) is 4.57 Å². The predicted molar refractivity (Wildman–Crippen MR) is 125 cm³/mol. The fourth-order valence-electron chi connectivity index (χ4n) is 4.38. The van der Waals surface area contributed by atoms with Crippen molar-refractivity contribution in [1.29, 1.82) is 0 Å². The van der Waals surface area contributed by atoms with Crippen LogP contribution in [-0.2, 0) is 11.3 Å². The normalized spacial score (nSPS) is 14.8. The van der Waals surface area contributed by atoms with Gasteiger partial charge in [0.05, 0.1) is 6.20 Å². The number of amides is 1. The number of nitrogens with two attached hydrogens (primary N) is 1. The van der Waals surface area contributed by atoms with Gasteiger partial charge in [0, 0.05) is 29.9 Å². The topological polar surface area (TPSA) is 106 Å². The van der Waals surface area contributed by atoms with E-state index in [9.17, 15) is 9.59 Å². The lowest BCUT2D eigenvalue weighted by Gasteiger charge is -2.22. The fourth-order valence-corrected chi connectivity index (χ4v) is 4.38. The van der Waals surface area contributed by atoms with Crippen molar-refractivity contribution in [3.8, 4) is 0 Å². The maximum Gasteiger partial charge on any atom is 0.278 e. The Morgan fingerprint density at radius 1 is 1.16 bits per heavy atom. The summed E-state index contributed by atoms with van der Waals surface area (Å²) in [5.41, 5.74) is 8.12. The molecule has 2 aromatic heterocycles. The van der Waals surface area contributed by atoms with E-state index in [2.05, 4.69) is 16.4 Å². The Morgan fingerprint density at radius 2 is 1.91 bits per heavy atom. The number of hydrogen-bond acceptors (Lipinski definition) is 6. The van der Waals surface area contributed by atoms with Crippen LogP contribution >= 0.6 is 0 Å². The largest absolute Gasteiger partial charge is 0.456 e. The van der Waals surface area contributed by atoms with Crippen molar-refractivity contribution in [3.63, 3.8) is 0 Å². The number of hydrogen-bond donors (Lipinski definition) is 2. The van der Waals surface area contributed by atoms with Crippen molar-refractivity contribution in [2.75, 3.05) is 23.3 Å². The summed E-state index contributed by atoms with van der Waals surface area (Å²) in [6.07, 6.45) is 3.62. The zero-order chi connectivity index (χ0) is 22.2. The first-order valence-electron chi connectivity index (χ1n) is 10.8. The third-order valence-corrected chi connectivity index (χ3v) is 6.00. The Balaban J connectivity index is 1.48. The van der Waals surface area contributed by atoms with Crippen LogP contribution in [0, 0.1) is 0 Å². The number of furan rings is 1. The highest BCUT2D eigenvalue weighted by Gasteiger charge is 2.21. The van der Waals surface area contributed by atoms with E-state index >= 15 is 0 Å². The molecule has 4 aromatic rings. The molecule has 0 radical (unpaired) electrons. The van der Waals surface area contributed by atoms with Gasteiger partial charge in [-0.15, -0.1) is 0 Å². The second kappa shape index (κ2) is 8.03. The number of nitrogens with zero attached hydrogens (tertiary/aromatic N) is 3. The minimum atomic E-state index is -0.572. The molecule has 8 nitrogen and oxygen atoms in total. The summed E-state index contributed by atoms with van der Waals surface area (Å²) in [5.74, 6) is -0.0763. The van der Waals surface area contributed by atoms with Crippen LogP contribution in [0.3, 0.4) is 0 Å². The molecule has 1 saturated heterocycles. The average Bonchev–Trinajstić information content (AvgIpc) is 3.44. The number of benzene rings is 2. The molecule has 0 spiro atoms. The standard InChI is InChI=1S/C24H25N5O3/c1-15(16-8-9-21-18(12-16)17-6-2-3-7-20(17)32-21)27-19-13-26-24(28-10-4-5-11-28)29(23(19)31)14-22(25)30/h2-3,6-9,12-13,15,27H,4-5,10-11,14H2,1H3,(H2,25,30). The molecule has 3 N–H and O–H groups in total. The molecular formula is C24H25N5O3. The highest BCUT2D eigenvalue weighted by Crippen LogP contribution is 2.31. The quantitative estimate of drug-likeness (QED) is 0.485. The summed E-state index contributed by atoms with van der Waals surface area (Å²) in [7, 11) is 0. The van der Waals surface area contributed by atoms with Crippen LogP contribution in [0.2, 0.25) is 0 Å². The van der Waals surface area contributed by atoms with Gasteiger partial charge in [-0.3, -0.25) is 14.2 Å². The molecule has 0 saturated carbocycles. The highest BCUT2D eigenvalue weighted by atomic mass is 16.3. The van der Waals surface area contributed by atoms with E-state index in [4.69, 9.17) is 10.2 Å². The van der Waals surface area contributed by atoms with Crippen LogP contribution in [-0.4, -0.2) is 28.5 Å². The molecule has 1 amide bonds. The smallest absolute Gasteiger partial charge is 0.278 e. The van der Waals surface area contributed by atoms with E-state index in [0.717, 1.165) is 53.4 Å². The van der Waals surface area contributed by atoms with E-state index in [1.807, 2.05) is 48.2 Å². The number of rotatable bonds is 6. The molecule has 32 heavy (non-hydrogen) atoms. The van der Waals surface area contributed by atoms with Crippen molar-refractivity contribution in [2.45, 2.75) is 32.4 Å². The number of carbonyl (C=O) groups is 1. The van der Waals surface area contributed by atoms with E-state index in [0.29, 0.717) is 11.6 Å². The van der Waals surface area contributed by atoms with Crippen molar-refractivity contribution < 1.29 is 9.21 Å². The van der Waals surface area contributed by atoms with Crippen molar-refractivity contribution in [1.82, 2.24) is 9.55 Å². The summed E-state index contributed by atoms with van der Waals surface area (Å²) >= 11 is 0. The fraction of sp³-hybridized carbons (Fsp3) is 0.292. The summed E-state index contributed by atoms with van der Waals surface area (Å²) in [4.78, 5) is 31.4. The monoisotopic (exact) mass is 431 g/mol. The Hall–Kier alpha value is -3.81. The molecule has 5 rings (SSSR count). The van der Waals surface area contributed by atoms with Crippen molar-refractivity contribution >= 4 is 39.5 Å². The first-order valence-corrected chi connectivity index (χ1v) is 10.8. The Kier molecular flexibility index (Phi) is 5.05. The molecule has 2 aromatic carbocycles. The third-order valence-electron chi connectivity index (χ3n) is 6.00. The first-order chi connectivity index (χ1) is 15.5. The summed E-state index contributed by atoms with van der Waals surface area (Å²) in [6.45, 7) is 3.41. The third kappa shape index (κ3) is 3.57. The Labute approximate surface area is 184 Å². The lowest BCUT2D eigenvalue weighted by atomic mass is 10.0. The maximum atomic E-state index is 13.2. The molecule has 1 atom stereocenters. The van der Waals surface area contributed by atoms with Crippen LogP contribution in [0.25, 0.3) is 21.9 Å². The lowest BCUT2D eigenvalue weighted by Crippen LogP contribution is -2.35. The number of nitrogens with one attached hydrogen (secondary N) is 1. The number of carbonyl (C=O) groups excluding carboxylic acids is 1. The van der Waals surface area contributed by atoms with E-state index in [-0.39, 0.29) is 18.1 Å². The number of fused-ring (bicyclic) bond motifs is 3. The molecule has 0 aliphatic carbocycles. The Bertz CT molecular complexity index is 1370. The van der Waals surface area contributed by atoms with Gasteiger partial charge in [0.15, 0.2) is 0 Å². The molecule has 1 aliphatic rings. The zero-order valence-corrected chi connectivity index (χ0v) is 17.9. The number of para-hydroxylation sites is 1. The van der Waals surface area contributed by atoms with Crippen LogP contribution < -0.4 is 21.5 Å². The summed E-state index contributed by atoms with van der Waals surface area (Å²) in [6, 6.07) is 13.8. The molecule has 1 fully saturated rings. The SMILES string of the molecule is CC(Nc1cnc(N2CCCC2)n(CC(N)=O)c1=O)c1ccc2oc3ccccc3c2c1. The summed E-state index contributed by atoms with van der Waals surface area (Å²) < 4.78 is 7.28. The minimum absolute atomic E-state index is 0.165. The molecular weight excluding hydrogens is 406 g/mol. The average molecular weight is 431 g/mol. The van der Waals surface area contributed by atoms with Crippen molar-refractivity contribution in [3.05, 3.63) is 64.6 Å². The lowest BCUT2D eigenvalue weighted by molar-refractivity contribution is -0.118. The van der Waals surface area contributed by atoms with Crippen LogP contribution in [0.4, 0.5) is 11.6 Å². The summed E-state index contributed by atoms with van der Waals surface area (Å²) in [5, 5.41) is 5.35. The number of primary amides is 1. The van der Waals surface area contributed by atoms with E-state index < -0.39 is 5.91 Å². The van der Waals surface area contributed by atoms with Gasteiger partial charge in [0.25, 0.3) is 5.56 Å². The van der Waals surface area contributed by atoms with Gasteiger partial charge in [-0.05, 0) is 43.5 Å². The predicted octanol–water partition coefficient (Wildman–Crippen LogP) is 3.40. The second-order valence-corrected chi connectivity index (χ2v) is 8.24. The highest BCUT2D eigenvalue weighted by molar-refractivity contribution is 6.05. The molecule has 8 heteroatoms. The Morgan fingerprint density at radius 3 is 2.69 bits per heavy atom. The van der Waals surface area contributed by atoms with Gasteiger partial charge < -0.3 is 20.4 Å². The van der Waals surface area contributed by atoms with Gasteiger partial charge in [0.1, 0.15) is 23.4 Å². The molecule has 1 aliphatic heterocycles. The minimum Gasteiger partial charge on any atom is -0.456 e. The molecule has 1 unspecified atom stereocenters. The number of aromatic nitrogens is 2. The van der Waals surface area contributed by atoms with Gasteiger partial charge >= 0.3 is 0 Å². The van der Waals surface area contributed by atoms with Crippen LogP contribution in [0.15, 0.2) is 57.9 Å². The first kappa shape index (κ1) is 20.1. The van der Waals surface area contributed by atoms with Gasteiger partial charge in [-0.1, -0.05) is 24.3 Å². The molecule has 0 bridgehead atoms. The number of anilines is 2.